The molecule has 0 fully saturated rings. The van der Waals surface area contributed by atoms with Crippen molar-refractivity contribution in [2.75, 3.05) is 14.2 Å². The Balaban J connectivity index is 2.90. The molecule has 1 aromatic carbocycles. The van der Waals surface area contributed by atoms with Crippen LogP contribution >= 0.6 is 0 Å². The first kappa shape index (κ1) is 15.4. The number of rotatable bonds is 6. The second kappa shape index (κ2) is 6.49. The SMILES string of the molecule is COC(OC)C(=O)CC(=O)c1cc(F)c(C)cc1F. The van der Waals surface area contributed by atoms with E-state index in [0.29, 0.717) is 0 Å². The smallest absolute Gasteiger partial charge is 0.217 e. The predicted molar refractivity (Wildman–Crippen MR) is 62.9 cm³/mol. The minimum atomic E-state index is -1.19. The number of carbonyl (C=O) groups excluding carboxylic acids is 2. The molecule has 0 heterocycles. The highest BCUT2D eigenvalue weighted by Gasteiger charge is 2.23. The lowest BCUT2D eigenvalue weighted by atomic mass is 10.0. The van der Waals surface area contributed by atoms with Crippen molar-refractivity contribution in [1.82, 2.24) is 0 Å². The zero-order valence-corrected chi connectivity index (χ0v) is 10.8. The average Bonchev–Trinajstić information content (AvgIpc) is 2.35. The van der Waals surface area contributed by atoms with Gasteiger partial charge in [0.25, 0.3) is 0 Å². The quantitative estimate of drug-likeness (QED) is 0.452. The molecule has 0 amide bonds. The Hall–Kier alpha value is -1.66. The molecule has 4 nitrogen and oxygen atoms in total. The lowest BCUT2D eigenvalue weighted by Gasteiger charge is -2.11. The molecule has 0 spiro atoms. The summed E-state index contributed by atoms with van der Waals surface area (Å²) in [6, 6.07) is 1.70. The van der Waals surface area contributed by atoms with Gasteiger partial charge in [0.15, 0.2) is 11.6 Å². The standard InChI is InChI=1S/C13H14F2O4/c1-7-4-10(15)8(5-9(7)14)11(16)6-12(17)13(18-2)19-3/h4-5,13H,6H2,1-3H3. The summed E-state index contributed by atoms with van der Waals surface area (Å²) >= 11 is 0. The van der Waals surface area contributed by atoms with E-state index in [4.69, 9.17) is 0 Å². The van der Waals surface area contributed by atoms with Crippen LogP contribution in [-0.4, -0.2) is 32.1 Å². The number of aryl methyl sites for hydroxylation is 1. The van der Waals surface area contributed by atoms with Gasteiger partial charge in [0.05, 0.1) is 12.0 Å². The third-order valence-electron chi connectivity index (χ3n) is 2.57. The first-order chi connectivity index (χ1) is 8.90. The number of methoxy groups -OCH3 is 2. The number of benzene rings is 1. The highest BCUT2D eigenvalue weighted by atomic mass is 19.1. The Kier molecular flexibility index (Phi) is 5.26. The maximum absolute atomic E-state index is 13.5. The van der Waals surface area contributed by atoms with Crippen LogP contribution in [0.2, 0.25) is 0 Å². The van der Waals surface area contributed by atoms with Crippen molar-refractivity contribution < 1.29 is 27.8 Å². The van der Waals surface area contributed by atoms with Gasteiger partial charge in [-0.15, -0.1) is 0 Å². The summed E-state index contributed by atoms with van der Waals surface area (Å²) in [5.74, 6) is -3.04. The summed E-state index contributed by atoms with van der Waals surface area (Å²) in [4.78, 5) is 23.3. The van der Waals surface area contributed by atoms with Crippen molar-refractivity contribution in [3.8, 4) is 0 Å². The van der Waals surface area contributed by atoms with E-state index in [0.717, 1.165) is 12.1 Å². The van der Waals surface area contributed by atoms with Gasteiger partial charge in [0, 0.05) is 14.2 Å². The molecule has 0 aliphatic carbocycles. The van der Waals surface area contributed by atoms with Crippen molar-refractivity contribution in [2.45, 2.75) is 19.6 Å². The maximum atomic E-state index is 13.5. The Labute approximate surface area is 109 Å². The molecule has 0 aliphatic heterocycles. The second-order valence-corrected chi connectivity index (χ2v) is 3.95. The highest BCUT2D eigenvalue weighted by Crippen LogP contribution is 2.16. The first-order valence-corrected chi connectivity index (χ1v) is 5.47. The molecule has 1 aromatic rings. The number of Topliss-reactive ketones (excluding diaryl/α,β-unsaturated/α-hetero) is 2. The van der Waals surface area contributed by atoms with Crippen molar-refractivity contribution in [3.63, 3.8) is 0 Å². The summed E-state index contributed by atoms with van der Waals surface area (Å²) in [6.45, 7) is 1.38. The van der Waals surface area contributed by atoms with Crippen LogP contribution in [0, 0.1) is 18.6 Å². The average molecular weight is 272 g/mol. The van der Waals surface area contributed by atoms with Crippen LogP contribution in [0.15, 0.2) is 12.1 Å². The van der Waals surface area contributed by atoms with Crippen LogP contribution in [-0.2, 0) is 14.3 Å². The summed E-state index contributed by atoms with van der Waals surface area (Å²) in [5, 5.41) is 0. The fourth-order valence-electron chi connectivity index (χ4n) is 1.56. The third kappa shape index (κ3) is 3.65. The number of ketones is 2. The number of hydrogen-bond donors (Lipinski definition) is 0. The zero-order chi connectivity index (χ0) is 14.6. The highest BCUT2D eigenvalue weighted by molar-refractivity contribution is 6.09. The van der Waals surface area contributed by atoms with Gasteiger partial charge in [-0.05, 0) is 24.6 Å². The van der Waals surface area contributed by atoms with Crippen molar-refractivity contribution in [2.24, 2.45) is 0 Å². The van der Waals surface area contributed by atoms with Crippen LogP contribution in [0.25, 0.3) is 0 Å². The summed E-state index contributed by atoms with van der Waals surface area (Å²) in [6.07, 6.45) is -1.81. The maximum Gasteiger partial charge on any atom is 0.217 e. The molecule has 1 rings (SSSR count). The normalized spacial score (nSPS) is 10.8. The molecule has 6 heteroatoms. The number of halogens is 2. The van der Waals surface area contributed by atoms with E-state index in [2.05, 4.69) is 9.47 Å². The minimum Gasteiger partial charge on any atom is -0.349 e. The zero-order valence-electron chi connectivity index (χ0n) is 10.8. The van der Waals surface area contributed by atoms with Crippen LogP contribution in [0.1, 0.15) is 22.3 Å². The summed E-state index contributed by atoms with van der Waals surface area (Å²) in [5.41, 5.74) is -0.366. The molecule has 19 heavy (non-hydrogen) atoms. The predicted octanol–water partition coefficient (Wildman–Crippen LogP) is 2.03. The molecule has 0 aromatic heterocycles. The van der Waals surface area contributed by atoms with E-state index in [1.165, 1.54) is 21.1 Å². The van der Waals surface area contributed by atoms with Gasteiger partial charge in [-0.1, -0.05) is 0 Å². The second-order valence-electron chi connectivity index (χ2n) is 3.95. The number of hydrogen-bond acceptors (Lipinski definition) is 4. The monoisotopic (exact) mass is 272 g/mol. The molecule has 0 unspecified atom stereocenters. The Morgan fingerprint density at radius 1 is 1.16 bits per heavy atom. The van der Waals surface area contributed by atoms with E-state index in [-0.39, 0.29) is 5.56 Å². The lowest BCUT2D eigenvalue weighted by Crippen LogP contribution is -2.27. The topological polar surface area (TPSA) is 52.6 Å². The van der Waals surface area contributed by atoms with Crippen LogP contribution in [0.5, 0.6) is 0 Å². The summed E-state index contributed by atoms with van der Waals surface area (Å²) < 4.78 is 36.2. The molecule has 0 saturated carbocycles. The van der Waals surface area contributed by atoms with E-state index in [1.807, 2.05) is 0 Å². The first-order valence-electron chi connectivity index (χ1n) is 5.47. The van der Waals surface area contributed by atoms with Crippen molar-refractivity contribution in [1.29, 1.82) is 0 Å². The lowest BCUT2D eigenvalue weighted by molar-refractivity contribution is -0.155. The molecule has 104 valence electrons. The molecular weight excluding hydrogens is 258 g/mol. The molecule has 0 saturated heterocycles. The summed E-state index contributed by atoms with van der Waals surface area (Å²) in [7, 11) is 2.48. The molecule has 0 bridgehead atoms. The minimum absolute atomic E-state index is 0.0898. The van der Waals surface area contributed by atoms with Crippen LogP contribution in [0.3, 0.4) is 0 Å². The largest absolute Gasteiger partial charge is 0.349 e. The van der Waals surface area contributed by atoms with Crippen molar-refractivity contribution >= 4 is 11.6 Å². The Morgan fingerprint density at radius 2 is 1.74 bits per heavy atom. The van der Waals surface area contributed by atoms with Gasteiger partial charge < -0.3 is 9.47 Å². The Morgan fingerprint density at radius 3 is 2.26 bits per heavy atom. The number of carbonyl (C=O) groups is 2. The molecule has 0 N–H and O–H groups in total. The van der Waals surface area contributed by atoms with E-state index in [1.54, 1.807) is 0 Å². The molecule has 0 radical (unpaired) electrons. The van der Waals surface area contributed by atoms with Gasteiger partial charge in [0.1, 0.15) is 11.6 Å². The van der Waals surface area contributed by atoms with E-state index < -0.39 is 41.5 Å². The number of ether oxygens (including phenoxy) is 2. The van der Waals surface area contributed by atoms with Gasteiger partial charge >= 0.3 is 0 Å². The Bertz CT molecular complexity index is 496. The van der Waals surface area contributed by atoms with E-state index in [9.17, 15) is 18.4 Å². The molecular formula is C13H14F2O4. The fraction of sp³-hybridized carbons (Fsp3) is 0.385. The van der Waals surface area contributed by atoms with Crippen LogP contribution < -0.4 is 0 Å². The van der Waals surface area contributed by atoms with Gasteiger partial charge in [-0.3, -0.25) is 9.59 Å². The molecule has 0 atom stereocenters. The van der Waals surface area contributed by atoms with Gasteiger partial charge in [0.2, 0.25) is 6.29 Å². The van der Waals surface area contributed by atoms with E-state index >= 15 is 0 Å². The van der Waals surface area contributed by atoms with Gasteiger partial charge in [-0.25, -0.2) is 8.78 Å². The van der Waals surface area contributed by atoms with Crippen molar-refractivity contribution in [3.05, 3.63) is 34.9 Å². The van der Waals surface area contributed by atoms with Crippen LogP contribution in [0.4, 0.5) is 8.78 Å². The fourth-order valence-corrected chi connectivity index (χ4v) is 1.56. The third-order valence-corrected chi connectivity index (χ3v) is 2.57. The van der Waals surface area contributed by atoms with Gasteiger partial charge in [-0.2, -0.15) is 0 Å². The molecule has 0 aliphatic rings.